The summed E-state index contributed by atoms with van der Waals surface area (Å²) in [5.41, 5.74) is 0.416. The van der Waals surface area contributed by atoms with Crippen LogP contribution in [0.2, 0.25) is 0 Å². The SMILES string of the molecule is C=CC1(C)C(C)C(C)C1C. The molecule has 2 atom stereocenters. The normalized spacial score (nSPS) is 53.8. The fraction of sp³-hybridized carbons (Fsp3) is 0.800. The highest BCUT2D eigenvalue weighted by molar-refractivity contribution is 5.08. The number of rotatable bonds is 1. The summed E-state index contributed by atoms with van der Waals surface area (Å²) in [7, 11) is 0. The van der Waals surface area contributed by atoms with Gasteiger partial charge in [-0.15, -0.1) is 6.58 Å². The van der Waals surface area contributed by atoms with Crippen molar-refractivity contribution in [3.8, 4) is 0 Å². The van der Waals surface area contributed by atoms with Crippen molar-refractivity contribution in [2.24, 2.45) is 23.2 Å². The number of hydrogen-bond donors (Lipinski definition) is 0. The Hall–Kier alpha value is -0.260. The van der Waals surface area contributed by atoms with Gasteiger partial charge in [-0.3, -0.25) is 0 Å². The van der Waals surface area contributed by atoms with Gasteiger partial charge in [0.2, 0.25) is 0 Å². The highest BCUT2D eigenvalue weighted by atomic mass is 14.5. The predicted octanol–water partition coefficient (Wildman–Crippen LogP) is 3.10. The van der Waals surface area contributed by atoms with E-state index in [0.29, 0.717) is 5.41 Å². The van der Waals surface area contributed by atoms with Crippen molar-refractivity contribution in [3.05, 3.63) is 12.7 Å². The highest BCUT2D eigenvalue weighted by Crippen LogP contribution is 2.55. The first-order valence-corrected chi connectivity index (χ1v) is 4.17. The van der Waals surface area contributed by atoms with Gasteiger partial charge in [-0.1, -0.05) is 33.8 Å². The lowest BCUT2D eigenvalue weighted by molar-refractivity contribution is -0.0390. The molecule has 1 saturated carbocycles. The molecule has 0 radical (unpaired) electrons. The summed E-state index contributed by atoms with van der Waals surface area (Å²) in [5, 5.41) is 0. The van der Waals surface area contributed by atoms with Crippen LogP contribution in [0.4, 0.5) is 0 Å². The standard InChI is InChI=1S/C10H18/c1-6-10(5)8(3)7(2)9(10)4/h6-9H,1H2,2-5H3. The van der Waals surface area contributed by atoms with Crippen molar-refractivity contribution >= 4 is 0 Å². The summed E-state index contributed by atoms with van der Waals surface area (Å²) in [6.45, 7) is 13.2. The van der Waals surface area contributed by atoms with E-state index >= 15 is 0 Å². The van der Waals surface area contributed by atoms with Gasteiger partial charge in [-0.2, -0.15) is 0 Å². The first-order valence-electron chi connectivity index (χ1n) is 4.17. The summed E-state index contributed by atoms with van der Waals surface area (Å²) in [6, 6.07) is 0. The molecule has 0 spiro atoms. The third kappa shape index (κ3) is 0.680. The lowest BCUT2D eigenvalue weighted by Gasteiger charge is -2.55. The number of hydrogen-bond acceptors (Lipinski definition) is 0. The van der Waals surface area contributed by atoms with E-state index in [1.807, 2.05) is 0 Å². The van der Waals surface area contributed by atoms with Gasteiger partial charge in [0.25, 0.3) is 0 Å². The average Bonchev–Trinajstić information content (AvgIpc) is 2.00. The van der Waals surface area contributed by atoms with Gasteiger partial charge < -0.3 is 0 Å². The van der Waals surface area contributed by atoms with Crippen molar-refractivity contribution in [3.63, 3.8) is 0 Å². The molecule has 0 N–H and O–H groups in total. The van der Waals surface area contributed by atoms with Crippen molar-refractivity contribution in [2.45, 2.75) is 27.7 Å². The monoisotopic (exact) mass is 138 g/mol. The fourth-order valence-electron chi connectivity index (χ4n) is 2.23. The van der Waals surface area contributed by atoms with Crippen molar-refractivity contribution < 1.29 is 0 Å². The first kappa shape index (κ1) is 7.84. The maximum atomic E-state index is 3.89. The minimum absolute atomic E-state index is 0.416. The second-order valence-corrected chi connectivity index (χ2v) is 4.01. The molecule has 0 heterocycles. The van der Waals surface area contributed by atoms with Gasteiger partial charge in [-0.25, -0.2) is 0 Å². The van der Waals surface area contributed by atoms with Crippen LogP contribution in [0.3, 0.4) is 0 Å². The van der Waals surface area contributed by atoms with E-state index in [4.69, 9.17) is 0 Å². The molecule has 0 bridgehead atoms. The van der Waals surface area contributed by atoms with Crippen molar-refractivity contribution in [1.82, 2.24) is 0 Å². The minimum Gasteiger partial charge on any atom is -0.103 e. The van der Waals surface area contributed by atoms with Crippen LogP contribution in [0.25, 0.3) is 0 Å². The summed E-state index contributed by atoms with van der Waals surface area (Å²) < 4.78 is 0. The van der Waals surface area contributed by atoms with Crippen molar-refractivity contribution in [1.29, 1.82) is 0 Å². The molecule has 1 rings (SSSR count). The van der Waals surface area contributed by atoms with Crippen LogP contribution in [0.15, 0.2) is 12.7 Å². The van der Waals surface area contributed by atoms with E-state index in [9.17, 15) is 0 Å². The van der Waals surface area contributed by atoms with Crippen LogP contribution in [0.1, 0.15) is 27.7 Å². The molecule has 2 unspecified atom stereocenters. The molecule has 0 aromatic heterocycles. The van der Waals surface area contributed by atoms with E-state index in [2.05, 4.69) is 40.3 Å². The van der Waals surface area contributed by atoms with E-state index in [1.165, 1.54) is 0 Å². The van der Waals surface area contributed by atoms with Crippen LogP contribution in [-0.4, -0.2) is 0 Å². The van der Waals surface area contributed by atoms with Crippen LogP contribution in [0.5, 0.6) is 0 Å². The van der Waals surface area contributed by atoms with Crippen LogP contribution >= 0.6 is 0 Å². The molecule has 0 nitrogen and oxygen atoms in total. The Morgan fingerprint density at radius 2 is 1.60 bits per heavy atom. The second kappa shape index (κ2) is 2.11. The second-order valence-electron chi connectivity index (χ2n) is 4.01. The zero-order chi connectivity index (χ0) is 7.94. The minimum atomic E-state index is 0.416. The predicted molar refractivity (Wildman–Crippen MR) is 45.8 cm³/mol. The van der Waals surface area contributed by atoms with E-state index in [1.54, 1.807) is 0 Å². The molecule has 0 heteroatoms. The molecule has 0 saturated heterocycles. The molecule has 1 aliphatic rings. The zero-order valence-electron chi connectivity index (χ0n) is 7.52. The van der Waals surface area contributed by atoms with Crippen LogP contribution in [-0.2, 0) is 0 Å². The molecule has 0 aliphatic heterocycles. The van der Waals surface area contributed by atoms with Gasteiger partial charge in [0.05, 0.1) is 0 Å². The molecule has 0 aromatic carbocycles. The summed E-state index contributed by atoms with van der Waals surface area (Å²) in [6.07, 6.45) is 2.13. The Morgan fingerprint density at radius 3 is 1.80 bits per heavy atom. The summed E-state index contributed by atoms with van der Waals surface area (Å²) >= 11 is 0. The lowest BCUT2D eigenvalue weighted by atomic mass is 9.49. The largest absolute Gasteiger partial charge is 0.103 e. The molecule has 58 valence electrons. The van der Waals surface area contributed by atoms with Crippen molar-refractivity contribution in [2.75, 3.05) is 0 Å². The van der Waals surface area contributed by atoms with Gasteiger partial charge in [-0.05, 0) is 23.2 Å². The molecule has 0 aromatic rings. The fourth-order valence-corrected chi connectivity index (χ4v) is 2.23. The number of allylic oxidation sites excluding steroid dienone is 1. The molecule has 0 amide bonds. The van der Waals surface area contributed by atoms with E-state index in [0.717, 1.165) is 17.8 Å². The topological polar surface area (TPSA) is 0 Å². The first-order chi connectivity index (χ1) is 4.54. The zero-order valence-corrected chi connectivity index (χ0v) is 7.52. The van der Waals surface area contributed by atoms with Crippen LogP contribution < -0.4 is 0 Å². The Labute approximate surface area is 64.3 Å². The molecular weight excluding hydrogens is 120 g/mol. The smallest absolute Gasteiger partial charge is 0.00927 e. The van der Waals surface area contributed by atoms with Gasteiger partial charge >= 0.3 is 0 Å². The molecular formula is C10H18. The summed E-state index contributed by atoms with van der Waals surface area (Å²) in [4.78, 5) is 0. The Bertz CT molecular complexity index is 136. The quantitative estimate of drug-likeness (QED) is 0.488. The maximum absolute atomic E-state index is 3.89. The Morgan fingerprint density at radius 1 is 1.20 bits per heavy atom. The summed E-state index contributed by atoms with van der Waals surface area (Å²) in [5.74, 6) is 2.52. The Kier molecular flexibility index (Phi) is 1.66. The Balaban J connectivity index is 2.73. The molecule has 1 fully saturated rings. The van der Waals surface area contributed by atoms with Gasteiger partial charge in [0, 0.05) is 0 Å². The lowest BCUT2D eigenvalue weighted by Crippen LogP contribution is -2.49. The van der Waals surface area contributed by atoms with E-state index in [-0.39, 0.29) is 0 Å². The maximum Gasteiger partial charge on any atom is -0.00927 e. The van der Waals surface area contributed by atoms with E-state index < -0.39 is 0 Å². The molecule has 1 aliphatic carbocycles. The van der Waals surface area contributed by atoms with Gasteiger partial charge in [0.1, 0.15) is 0 Å². The van der Waals surface area contributed by atoms with Gasteiger partial charge in [0.15, 0.2) is 0 Å². The third-order valence-corrected chi connectivity index (χ3v) is 3.98. The third-order valence-electron chi connectivity index (χ3n) is 3.98. The average molecular weight is 138 g/mol. The highest BCUT2D eigenvalue weighted by Gasteiger charge is 2.49. The molecule has 10 heavy (non-hydrogen) atoms. The van der Waals surface area contributed by atoms with Crippen LogP contribution in [0, 0.1) is 23.2 Å².